The average Bonchev–Trinajstić information content (AvgIpc) is 2.64. The van der Waals surface area contributed by atoms with Gasteiger partial charge in [0.05, 0.1) is 0 Å². The molecule has 0 bridgehead atoms. The van der Waals surface area contributed by atoms with E-state index in [0.717, 1.165) is 29.5 Å². The monoisotopic (exact) mass is 321 g/mol. The molecule has 3 aromatic carbocycles. The van der Waals surface area contributed by atoms with Gasteiger partial charge in [0.15, 0.2) is 0 Å². The SMILES string of the molecule is O[C@H](CNCCc1ccccc1)COc1cccc2ccccc12. The number of benzene rings is 3. The molecule has 1 atom stereocenters. The van der Waals surface area contributed by atoms with Gasteiger partial charge >= 0.3 is 0 Å². The van der Waals surface area contributed by atoms with Crippen LogP contribution < -0.4 is 10.1 Å². The summed E-state index contributed by atoms with van der Waals surface area (Å²) in [6.45, 7) is 1.65. The summed E-state index contributed by atoms with van der Waals surface area (Å²) in [5.41, 5.74) is 1.30. The van der Waals surface area contributed by atoms with E-state index in [2.05, 4.69) is 29.6 Å². The number of aliphatic hydroxyl groups excluding tert-OH is 1. The Morgan fingerprint density at radius 2 is 1.62 bits per heavy atom. The van der Waals surface area contributed by atoms with Gasteiger partial charge in [-0.1, -0.05) is 66.7 Å². The molecular weight excluding hydrogens is 298 g/mol. The summed E-state index contributed by atoms with van der Waals surface area (Å²) in [6, 6.07) is 24.4. The van der Waals surface area contributed by atoms with Crippen molar-refractivity contribution in [2.75, 3.05) is 19.7 Å². The van der Waals surface area contributed by atoms with Crippen LogP contribution >= 0.6 is 0 Å². The van der Waals surface area contributed by atoms with Crippen molar-refractivity contribution >= 4 is 10.8 Å². The molecule has 124 valence electrons. The summed E-state index contributed by atoms with van der Waals surface area (Å²) in [5.74, 6) is 0.816. The summed E-state index contributed by atoms with van der Waals surface area (Å²) < 4.78 is 5.81. The molecule has 2 N–H and O–H groups in total. The Kier molecular flexibility index (Phi) is 5.83. The van der Waals surface area contributed by atoms with Crippen LogP contribution in [-0.4, -0.2) is 30.9 Å². The van der Waals surface area contributed by atoms with E-state index in [0.29, 0.717) is 6.54 Å². The van der Waals surface area contributed by atoms with Gasteiger partial charge < -0.3 is 15.2 Å². The highest BCUT2D eigenvalue weighted by Crippen LogP contribution is 2.25. The van der Waals surface area contributed by atoms with Crippen molar-refractivity contribution < 1.29 is 9.84 Å². The summed E-state index contributed by atoms with van der Waals surface area (Å²) >= 11 is 0. The normalized spacial score (nSPS) is 12.2. The zero-order valence-electron chi connectivity index (χ0n) is 13.7. The minimum atomic E-state index is -0.528. The second kappa shape index (κ2) is 8.48. The van der Waals surface area contributed by atoms with E-state index < -0.39 is 6.10 Å². The van der Waals surface area contributed by atoms with Crippen LogP contribution in [0.5, 0.6) is 5.75 Å². The fourth-order valence-electron chi connectivity index (χ4n) is 2.71. The second-order valence-electron chi connectivity index (χ2n) is 5.88. The molecule has 0 aliphatic heterocycles. The lowest BCUT2D eigenvalue weighted by molar-refractivity contribution is 0.107. The van der Waals surface area contributed by atoms with Crippen molar-refractivity contribution in [1.82, 2.24) is 5.32 Å². The van der Waals surface area contributed by atoms with E-state index in [1.807, 2.05) is 48.5 Å². The third-order valence-corrected chi connectivity index (χ3v) is 3.99. The zero-order valence-corrected chi connectivity index (χ0v) is 13.7. The molecule has 0 aliphatic carbocycles. The van der Waals surface area contributed by atoms with Crippen molar-refractivity contribution in [3.63, 3.8) is 0 Å². The molecular formula is C21H23NO2. The molecule has 0 aliphatic rings. The van der Waals surface area contributed by atoms with Crippen LogP contribution in [0.4, 0.5) is 0 Å². The van der Waals surface area contributed by atoms with Gasteiger partial charge in [-0.25, -0.2) is 0 Å². The largest absolute Gasteiger partial charge is 0.490 e. The molecule has 0 saturated carbocycles. The van der Waals surface area contributed by atoms with Crippen LogP contribution in [0.2, 0.25) is 0 Å². The third-order valence-electron chi connectivity index (χ3n) is 3.99. The number of aliphatic hydroxyl groups is 1. The van der Waals surface area contributed by atoms with E-state index >= 15 is 0 Å². The predicted octanol–water partition coefficient (Wildman–Crippen LogP) is 3.41. The van der Waals surface area contributed by atoms with Gasteiger partial charge in [-0.15, -0.1) is 0 Å². The van der Waals surface area contributed by atoms with Gasteiger partial charge in [0, 0.05) is 11.9 Å². The third kappa shape index (κ3) is 4.57. The van der Waals surface area contributed by atoms with Crippen LogP contribution in [-0.2, 0) is 6.42 Å². The standard InChI is InChI=1S/C21H23NO2/c23-19(15-22-14-13-17-7-2-1-3-8-17)16-24-21-12-6-10-18-9-4-5-11-20(18)21/h1-12,19,22-23H,13-16H2/t19-/m1/s1. The van der Waals surface area contributed by atoms with Crippen LogP contribution in [0.3, 0.4) is 0 Å². The number of fused-ring (bicyclic) bond motifs is 1. The molecule has 0 saturated heterocycles. The Bertz CT molecular complexity index is 753. The number of ether oxygens (including phenoxy) is 1. The minimum absolute atomic E-state index is 0.284. The van der Waals surface area contributed by atoms with Gasteiger partial charge in [-0.2, -0.15) is 0 Å². The van der Waals surface area contributed by atoms with E-state index in [-0.39, 0.29) is 6.61 Å². The van der Waals surface area contributed by atoms with Crippen LogP contribution in [0.25, 0.3) is 10.8 Å². The smallest absolute Gasteiger partial charge is 0.127 e. The quantitative estimate of drug-likeness (QED) is 0.625. The Morgan fingerprint density at radius 1 is 0.875 bits per heavy atom. The molecule has 3 aromatic rings. The molecule has 3 rings (SSSR count). The predicted molar refractivity (Wildman–Crippen MR) is 98.5 cm³/mol. The lowest BCUT2D eigenvalue weighted by atomic mass is 10.1. The second-order valence-corrected chi connectivity index (χ2v) is 5.88. The van der Waals surface area contributed by atoms with Crippen molar-refractivity contribution in [3.05, 3.63) is 78.4 Å². The number of hydrogen-bond acceptors (Lipinski definition) is 3. The van der Waals surface area contributed by atoms with Gasteiger partial charge in [0.1, 0.15) is 18.5 Å². The first kappa shape index (κ1) is 16.5. The number of rotatable bonds is 8. The van der Waals surface area contributed by atoms with Crippen LogP contribution in [0.15, 0.2) is 72.8 Å². The van der Waals surface area contributed by atoms with E-state index in [4.69, 9.17) is 4.74 Å². The Morgan fingerprint density at radius 3 is 2.50 bits per heavy atom. The fourth-order valence-corrected chi connectivity index (χ4v) is 2.71. The van der Waals surface area contributed by atoms with Gasteiger partial charge in [0.25, 0.3) is 0 Å². The molecule has 0 spiro atoms. The zero-order chi connectivity index (χ0) is 16.6. The van der Waals surface area contributed by atoms with Gasteiger partial charge in [0.2, 0.25) is 0 Å². The fraction of sp³-hybridized carbons (Fsp3) is 0.238. The molecule has 3 nitrogen and oxygen atoms in total. The van der Waals surface area contributed by atoms with Crippen molar-refractivity contribution in [2.45, 2.75) is 12.5 Å². The Balaban J connectivity index is 1.43. The van der Waals surface area contributed by atoms with Crippen molar-refractivity contribution in [3.8, 4) is 5.75 Å². The number of nitrogens with one attached hydrogen (secondary N) is 1. The average molecular weight is 321 g/mol. The highest BCUT2D eigenvalue weighted by molar-refractivity contribution is 5.88. The Hall–Kier alpha value is -2.36. The molecule has 24 heavy (non-hydrogen) atoms. The maximum atomic E-state index is 10.1. The van der Waals surface area contributed by atoms with Crippen molar-refractivity contribution in [2.24, 2.45) is 0 Å². The highest BCUT2D eigenvalue weighted by atomic mass is 16.5. The van der Waals surface area contributed by atoms with Gasteiger partial charge in [-0.3, -0.25) is 0 Å². The first-order chi connectivity index (χ1) is 11.8. The summed E-state index contributed by atoms with van der Waals surface area (Å²) in [7, 11) is 0. The molecule has 0 aromatic heterocycles. The highest BCUT2D eigenvalue weighted by Gasteiger charge is 2.07. The Labute approximate surface area is 142 Å². The minimum Gasteiger partial charge on any atom is -0.490 e. The molecule has 0 radical (unpaired) electrons. The first-order valence-corrected chi connectivity index (χ1v) is 8.36. The maximum absolute atomic E-state index is 10.1. The first-order valence-electron chi connectivity index (χ1n) is 8.36. The molecule has 3 heteroatoms. The van der Waals surface area contributed by atoms with Gasteiger partial charge in [-0.05, 0) is 30.0 Å². The molecule has 0 unspecified atom stereocenters. The van der Waals surface area contributed by atoms with Crippen molar-refractivity contribution in [1.29, 1.82) is 0 Å². The lowest BCUT2D eigenvalue weighted by Gasteiger charge is -2.14. The van der Waals surface area contributed by atoms with Crippen LogP contribution in [0, 0.1) is 0 Å². The molecule has 0 amide bonds. The summed E-state index contributed by atoms with van der Waals surface area (Å²) in [4.78, 5) is 0. The summed E-state index contributed by atoms with van der Waals surface area (Å²) in [6.07, 6.45) is 0.428. The summed E-state index contributed by atoms with van der Waals surface area (Å²) in [5, 5.41) is 15.6. The van der Waals surface area contributed by atoms with Crippen LogP contribution in [0.1, 0.15) is 5.56 Å². The van der Waals surface area contributed by atoms with E-state index in [1.165, 1.54) is 5.56 Å². The lowest BCUT2D eigenvalue weighted by Crippen LogP contribution is -2.32. The maximum Gasteiger partial charge on any atom is 0.127 e. The molecule has 0 fully saturated rings. The van der Waals surface area contributed by atoms with E-state index in [1.54, 1.807) is 0 Å². The van der Waals surface area contributed by atoms with E-state index in [9.17, 15) is 5.11 Å². The number of hydrogen-bond donors (Lipinski definition) is 2. The molecule has 0 heterocycles. The topological polar surface area (TPSA) is 41.5 Å².